The van der Waals surface area contributed by atoms with E-state index in [4.69, 9.17) is 14.5 Å². The van der Waals surface area contributed by atoms with Crippen LogP contribution in [-0.4, -0.2) is 17.6 Å². The van der Waals surface area contributed by atoms with E-state index in [1.807, 2.05) is 41.8 Å². The first-order valence-electron chi connectivity index (χ1n) is 11.2. The Morgan fingerprint density at radius 3 is 2.67 bits per heavy atom. The molecule has 1 aromatic carbocycles. The monoisotopic (exact) mass is 458 g/mol. The summed E-state index contributed by atoms with van der Waals surface area (Å²) in [7, 11) is 0. The molecule has 1 unspecified atom stereocenters. The Morgan fingerprint density at radius 1 is 1.21 bits per heavy atom. The molecule has 1 saturated carbocycles. The lowest BCUT2D eigenvalue weighted by Crippen LogP contribution is -2.23. The fourth-order valence-electron chi connectivity index (χ4n) is 4.23. The number of esters is 1. The van der Waals surface area contributed by atoms with E-state index in [1.54, 1.807) is 23.5 Å². The first-order valence-corrected chi connectivity index (χ1v) is 12.1. The highest BCUT2D eigenvalue weighted by Gasteiger charge is 2.29. The largest absolute Gasteiger partial charge is 0.458 e. The van der Waals surface area contributed by atoms with Gasteiger partial charge in [0.15, 0.2) is 0 Å². The van der Waals surface area contributed by atoms with Gasteiger partial charge in [-0.15, -0.1) is 11.3 Å². The van der Waals surface area contributed by atoms with Gasteiger partial charge >= 0.3 is 5.97 Å². The predicted molar refractivity (Wildman–Crippen MR) is 129 cm³/mol. The molecule has 168 valence electrons. The molecule has 1 atom stereocenters. The van der Waals surface area contributed by atoms with Crippen LogP contribution >= 0.6 is 11.3 Å². The Kier molecular flexibility index (Phi) is 7.54. The zero-order chi connectivity index (χ0) is 23.0. The summed E-state index contributed by atoms with van der Waals surface area (Å²) in [6, 6.07) is 17.5. The molecular formula is C27H26N2O3S. The first kappa shape index (κ1) is 22.8. The molecular weight excluding hydrogens is 432 g/mol. The summed E-state index contributed by atoms with van der Waals surface area (Å²) >= 11 is 1.58. The minimum atomic E-state index is -1.04. The van der Waals surface area contributed by atoms with E-state index in [-0.39, 0.29) is 18.4 Å². The zero-order valence-electron chi connectivity index (χ0n) is 18.4. The van der Waals surface area contributed by atoms with E-state index in [9.17, 15) is 10.1 Å². The predicted octanol–water partition coefficient (Wildman–Crippen LogP) is 6.58. The summed E-state index contributed by atoms with van der Waals surface area (Å²) in [5, 5.41) is 12.1. The molecule has 0 bridgehead atoms. The van der Waals surface area contributed by atoms with Crippen molar-refractivity contribution in [3.63, 3.8) is 0 Å². The van der Waals surface area contributed by atoms with Gasteiger partial charge in [0.2, 0.25) is 12.0 Å². The number of rotatable bonds is 8. The maximum atomic E-state index is 12.9. The highest BCUT2D eigenvalue weighted by molar-refractivity contribution is 7.13. The van der Waals surface area contributed by atoms with Gasteiger partial charge in [0.1, 0.15) is 18.2 Å². The average molecular weight is 459 g/mol. The molecule has 0 saturated heterocycles. The van der Waals surface area contributed by atoms with Crippen LogP contribution in [0.5, 0.6) is 5.88 Å². The SMILES string of the molecule is C=CCOC(=O)C(Oc1nc(-c2cccs2)cc(C2CCCCC2)c1C#N)c1ccccc1. The third-order valence-electron chi connectivity index (χ3n) is 5.84. The minimum Gasteiger partial charge on any atom is -0.458 e. The van der Waals surface area contributed by atoms with Crippen LogP contribution in [-0.2, 0) is 9.53 Å². The van der Waals surface area contributed by atoms with Crippen LogP contribution < -0.4 is 4.74 Å². The van der Waals surface area contributed by atoms with Gasteiger partial charge in [-0.25, -0.2) is 9.78 Å². The molecule has 1 aliphatic rings. The number of hydrogen-bond donors (Lipinski definition) is 0. The number of carbonyl (C=O) groups excluding carboxylic acids is 1. The van der Waals surface area contributed by atoms with Gasteiger partial charge in [0.05, 0.1) is 10.6 Å². The van der Waals surface area contributed by atoms with Crippen LogP contribution in [0.2, 0.25) is 0 Å². The highest BCUT2D eigenvalue weighted by Crippen LogP contribution is 2.40. The molecule has 1 aliphatic carbocycles. The summed E-state index contributed by atoms with van der Waals surface area (Å²) in [6.07, 6.45) is 6.04. The molecule has 6 heteroatoms. The zero-order valence-corrected chi connectivity index (χ0v) is 19.2. The Balaban J connectivity index is 1.79. The molecule has 2 aromatic heterocycles. The van der Waals surface area contributed by atoms with Crippen molar-refractivity contribution in [1.29, 1.82) is 5.26 Å². The van der Waals surface area contributed by atoms with E-state index in [0.717, 1.165) is 41.8 Å². The van der Waals surface area contributed by atoms with Crippen molar-refractivity contribution in [2.75, 3.05) is 6.61 Å². The number of thiophene rings is 1. The van der Waals surface area contributed by atoms with Crippen molar-refractivity contribution in [2.24, 2.45) is 0 Å². The second-order valence-electron chi connectivity index (χ2n) is 8.03. The smallest absolute Gasteiger partial charge is 0.352 e. The van der Waals surface area contributed by atoms with E-state index in [2.05, 4.69) is 12.6 Å². The number of hydrogen-bond acceptors (Lipinski definition) is 6. The summed E-state index contributed by atoms with van der Waals surface area (Å²) in [4.78, 5) is 18.6. The normalized spacial score (nSPS) is 14.8. The van der Waals surface area contributed by atoms with E-state index >= 15 is 0 Å². The second kappa shape index (κ2) is 10.9. The Labute approximate surface area is 198 Å². The van der Waals surface area contributed by atoms with Gasteiger partial charge in [-0.2, -0.15) is 5.26 Å². The van der Waals surface area contributed by atoms with Crippen molar-refractivity contribution in [3.8, 4) is 22.5 Å². The van der Waals surface area contributed by atoms with Gasteiger partial charge < -0.3 is 9.47 Å². The van der Waals surface area contributed by atoms with Crippen molar-refractivity contribution >= 4 is 17.3 Å². The molecule has 0 N–H and O–H groups in total. The van der Waals surface area contributed by atoms with E-state index in [1.165, 1.54) is 12.5 Å². The summed E-state index contributed by atoms with van der Waals surface area (Å²) in [5.74, 6) is -0.0960. The van der Waals surface area contributed by atoms with Crippen LogP contribution in [0.25, 0.3) is 10.6 Å². The maximum Gasteiger partial charge on any atom is 0.352 e. The molecule has 0 spiro atoms. The van der Waals surface area contributed by atoms with Crippen molar-refractivity contribution in [3.05, 3.63) is 83.3 Å². The van der Waals surface area contributed by atoms with Gasteiger partial charge in [-0.05, 0) is 41.8 Å². The lowest BCUT2D eigenvalue weighted by molar-refractivity contribution is -0.151. The Morgan fingerprint density at radius 2 is 2.00 bits per heavy atom. The molecule has 0 amide bonds. The molecule has 5 nitrogen and oxygen atoms in total. The lowest BCUT2D eigenvalue weighted by Gasteiger charge is -2.25. The Bertz CT molecular complexity index is 1130. The molecule has 3 aromatic rings. The average Bonchev–Trinajstić information content (AvgIpc) is 3.41. The fourth-order valence-corrected chi connectivity index (χ4v) is 4.92. The van der Waals surface area contributed by atoms with Gasteiger partial charge in [0.25, 0.3) is 0 Å². The number of nitrogens with zero attached hydrogens (tertiary/aromatic N) is 2. The quantitative estimate of drug-likeness (QED) is 0.282. The number of carbonyl (C=O) groups is 1. The highest BCUT2D eigenvalue weighted by atomic mass is 32.1. The third-order valence-corrected chi connectivity index (χ3v) is 6.73. The van der Waals surface area contributed by atoms with Gasteiger partial charge in [0, 0.05) is 5.56 Å². The number of aromatic nitrogens is 1. The van der Waals surface area contributed by atoms with Crippen LogP contribution in [0.15, 0.2) is 66.6 Å². The topological polar surface area (TPSA) is 72.2 Å². The van der Waals surface area contributed by atoms with Crippen LogP contribution in [0.1, 0.15) is 60.8 Å². The van der Waals surface area contributed by atoms with Crippen molar-refractivity contribution < 1.29 is 14.3 Å². The molecule has 0 radical (unpaired) electrons. The molecule has 0 aliphatic heterocycles. The molecule has 4 rings (SSSR count). The van der Waals surface area contributed by atoms with Crippen molar-refractivity contribution in [1.82, 2.24) is 4.98 Å². The lowest BCUT2D eigenvalue weighted by atomic mass is 9.82. The Hall–Kier alpha value is -3.43. The molecule has 1 fully saturated rings. The third kappa shape index (κ3) is 5.32. The number of benzene rings is 1. The number of ether oxygens (including phenoxy) is 2. The standard InChI is InChI=1S/C27H26N2O3S/c1-2-15-31-27(30)25(20-12-7-4-8-13-20)32-26-22(18-28)21(19-10-5-3-6-11-19)17-23(29-26)24-14-9-16-33-24/h2,4,7-9,12-14,16-17,19,25H,1,3,5-6,10-11,15H2. The second-order valence-corrected chi connectivity index (χ2v) is 8.98. The van der Waals surface area contributed by atoms with E-state index in [0.29, 0.717) is 11.1 Å². The van der Waals surface area contributed by atoms with E-state index < -0.39 is 12.1 Å². The van der Waals surface area contributed by atoms with Crippen LogP contribution in [0, 0.1) is 11.3 Å². The summed E-state index contributed by atoms with van der Waals surface area (Å²) < 4.78 is 11.5. The number of pyridine rings is 1. The van der Waals surface area contributed by atoms with Crippen LogP contribution in [0.4, 0.5) is 0 Å². The van der Waals surface area contributed by atoms with Crippen molar-refractivity contribution in [2.45, 2.75) is 44.1 Å². The molecule has 33 heavy (non-hydrogen) atoms. The first-order chi connectivity index (χ1) is 16.2. The maximum absolute atomic E-state index is 12.9. The van der Waals surface area contributed by atoms with Crippen LogP contribution in [0.3, 0.4) is 0 Å². The minimum absolute atomic E-state index is 0.0760. The summed E-state index contributed by atoms with van der Waals surface area (Å²) in [5.41, 5.74) is 2.75. The number of nitriles is 1. The molecule has 2 heterocycles. The van der Waals surface area contributed by atoms with Gasteiger partial charge in [-0.1, -0.05) is 68.3 Å². The summed E-state index contributed by atoms with van der Waals surface area (Å²) in [6.45, 7) is 3.68. The van der Waals surface area contributed by atoms with Gasteiger partial charge in [-0.3, -0.25) is 0 Å². The fraction of sp³-hybridized carbons (Fsp3) is 0.296.